The molecular formula is C18H14N6O. The van der Waals surface area contributed by atoms with E-state index in [1.165, 1.54) is 0 Å². The predicted molar refractivity (Wildman–Crippen MR) is 93.6 cm³/mol. The Morgan fingerprint density at radius 1 is 1.08 bits per heavy atom. The number of para-hydroxylation sites is 1. The minimum absolute atomic E-state index is 0.231. The summed E-state index contributed by atoms with van der Waals surface area (Å²) in [6, 6.07) is 12.9. The van der Waals surface area contributed by atoms with Crippen LogP contribution in [-0.2, 0) is 0 Å². The van der Waals surface area contributed by atoms with Gasteiger partial charge in [0.15, 0.2) is 11.5 Å². The Balaban J connectivity index is 1.55. The number of benzene rings is 1. The van der Waals surface area contributed by atoms with Gasteiger partial charge in [0.25, 0.3) is 5.91 Å². The van der Waals surface area contributed by atoms with Gasteiger partial charge in [-0.05, 0) is 31.2 Å². The van der Waals surface area contributed by atoms with Crippen molar-refractivity contribution in [2.75, 3.05) is 5.32 Å². The smallest absolute Gasteiger partial charge is 0.276 e. The third-order valence-corrected chi connectivity index (χ3v) is 3.80. The number of nitrogens with zero attached hydrogens (tertiary/aromatic N) is 5. The number of amides is 1. The minimum Gasteiger partial charge on any atom is -0.319 e. The van der Waals surface area contributed by atoms with E-state index in [1.54, 1.807) is 35.3 Å². The van der Waals surface area contributed by atoms with Crippen molar-refractivity contribution in [3.05, 3.63) is 72.6 Å². The topological polar surface area (TPSA) is 85.6 Å². The number of carbonyl (C=O) groups excluding carboxylic acids is 1. The lowest BCUT2D eigenvalue weighted by molar-refractivity contribution is 0.102. The van der Waals surface area contributed by atoms with E-state index in [2.05, 4.69) is 25.5 Å². The van der Waals surface area contributed by atoms with E-state index in [1.807, 2.05) is 37.3 Å². The molecule has 7 nitrogen and oxygen atoms in total. The summed E-state index contributed by atoms with van der Waals surface area (Å²) in [4.78, 5) is 20.8. The molecule has 0 aliphatic rings. The molecule has 0 saturated heterocycles. The van der Waals surface area contributed by atoms with Crippen molar-refractivity contribution in [3.63, 3.8) is 0 Å². The molecule has 7 heteroatoms. The number of hydrogen-bond acceptors (Lipinski definition) is 5. The number of imidazole rings is 1. The van der Waals surface area contributed by atoms with E-state index in [4.69, 9.17) is 0 Å². The number of aromatic nitrogens is 5. The first kappa shape index (κ1) is 14.9. The summed E-state index contributed by atoms with van der Waals surface area (Å²) in [5, 5.41) is 11.8. The van der Waals surface area contributed by atoms with Gasteiger partial charge in [-0.25, -0.2) is 4.98 Å². The largest absolute Gasteiger partial charge is 0.319 e. The van der Waals surface area contributed by atoms with Gasteiger partial charge in [0, 0.05) is 17.8 Å². The third kappa shape index (κ3) is 2.94. The van der Waals surface area contributed by atoms with Crippen LogP contribution >= 0.6 is 0 Å². The average molecular weight is 330 g/mol. The van der Waals surface area contributed by atoms with Crippen molar-refractivity contribution < 1.29 is 4.79 Å². The van der Waals surface area contributed by atoms with E-state index in [-0.39, 0.29) is 11.6 Å². The summed E-state index contributed by atoms with van der Waals surface area (Å²) in [7, 11) is 0. The lowest BCUT2D eigenvalue weighted by Gasteiger charge is -2.06. The van der Waals surface area contributed by atoms with Crippen molar-refractivity contribution in [3.8, 4) is 5.82 Å². The van der Waals surface area contributed by atoms with Gasteiger partial charge < -0.3 is 5.32 Å². The standard InChI is InChI=1S/C18H14N6O/c1-12-19-8-9-24(12)17-7-6-16(22-23-17)18(25)21-14-10-13-4-2-3-5-15(13)20-11-14/h2-11H,1H3,(H,21,25). The van der Waals surface area contributed by atoms with E-state index in [0.717, 1.165) is 16.7 Å². The van der Waals surface area contributed by atoms with Gasteiger partial charge in [0.05, 0.1) is 17.4 Å². The normalized spacial score (nSPS) is 10.8. The molecule has 4 rings (SSSR count). The monoisotopic (exact) mass is 330 g/mol. The lowest BCUT2D eigenvalue weighted by Crippen LogP contribution is -2.15. The highest BCUT2D eigenvalue weighted by Crippen LogP contribution is 2.16. The van der Waals surface area contributed by atoms with E-state index in [0.29, 0.717) is 11.5 Å². The fourth-order valence-electron chi connectivity index (χ4n) is 2.53. The minimum atomic E-state index is -0.335. The highest BCUT2D eigenvalue weighted by Gasteiger charge is 2.10. The first-order chi connectivity index (χ1) is 12.2. The summed E-state index contributed by atoms with van der Waals surface area (Å²) in [5.74, 6) is 1.08. The molecule has 3 aromatic heterocycles. The fourth-order valence-corrected chi connectivity index (χ4v) is 2.53. The molecule has 1 amide bonds. The SMILES string of the molecule is Cc1nccn1-c1ccc(C(=O)Nc2cnc3ccccc3c2)nn1. The average Bonchev–Trinajstić information content (AvgIpc) is 3.08. The van der Waals surface area contributed by atoms with Gasteiger partial charge in [-0.3, -0.25) is 14.3 Å². The third-order valence-electron chi connectivity index (χ3n) is 3.80. The summed E-state index contributed by atoms with van der Waals surface area (Å²) < 4.78 is 1.79. The van der Waals surface area contributed by atoms with Crippen molar-refractivity contribution in [1.29, 1.82) is 0 Å². The number of aryl methyl sites for hydroxylation is 1. The second kappa shape index (κ2) is 6.12. The highest BCUT2D eigenvalue weighted by atomic mass is 16.1. The van der Waals surface area contributed by atoms with Crippen LogP contribution in [-0.4, -0.2) is 30.6 Å². The fraction of sp³-hybridized carbons (Fsp3) is 0.0556. The molecule has 122 valence electrons. The summed E-state index contributed by atoms with van der Waals surface area (Å²) in [6.07, 6.45) is 5.10. The second-order valence-corrected chi connectivity index (χ2v) is 5.49. The molecule has 0 aliphatic carbocycles. The molecule has 1 N–H and O–H groups in total. The first-order valence-electron chi connectivity index (χ1n) is 7.71. The van der Waals surface area contributed by atoms with Gasteiger partial charge in [-0.15, -0.1) is 10.2 Å². The Morgan fingerprint density at radius 2 is 1.96 bits per heavy atom. The van der Waals surface area contributed by atoms with E-state index >= 15 is 0 Å². The molecule has 0 atom stereocenters. The van der Waals surface area contributed by atoms with Crippen molar-refractivity contribution in [1.82, 2.24) is 24.7 Å². The van der Waals surface area contributed by atoms with Gasteiger partial charge in [0.2, 0.25) is 0 Å². The highest BCUT2D eigenvalue weighted by molar-refractivity contribution is 6.03. The maximum Gasteiger partial charge on any atom is 0.276 e. The second-order valence-electron chi connectivity index (χ2n) is 5.49. The maximum atomic E-state index is 12.4. The summed E-state index contributed by atoms with van der Waals surface area (Å²) in [6.45, 7) is 1.87. The van der Waals surface area contributed by atoms with Crippen molar-refractivity contribution in [2.45, 2.75) is 6.92 Å². The van der Waals surface area contributed by atoms with Crippen LogP contribution in [0.15, 0.2) is 61.1 Å². The molecule has 0 saturated carbocycles. The van der Waals surface area contributed by atoms with Crippen LogP contribution in [0.3, 0.4) is 0 Å². The molecular weight excluding hydrogens is 316 g/mol. The zero-order chi connectivity index (χ0) is 17.2. The number of pyridine rings is 1. The van der Waals surface area contributed by atoms with Crippen molar-refractivity contribution in [2.24, 2.45) is 0 Å². The van der Waals surface area contributed by atoms with Crippen LogP contribution in [0, 0.1) is 6.92 Å². The number of carbonyl (C=O) groups is 1. The molecule has 0 fully saturated rings. The summed E-state index contributed by atoms with van der Waals surface area (Å²) >= 11 is 0. The quantitative estimate of drug-likeness (QED) is 0.624. The predicted octanol–water partition coefficient (Wildman–Crippen LogP) is 2.77. The maximum absolute atomic E-state index is 12.4. The number of anilines is 1. The van der Waals surface area contributed by atoms with Crippen molar-refractivity contribution >= 4 is 22.5 Å². The Morgan fingerprint density at radius 3 is 2.72 bits per heavy atom. The molecule has 4 aromatic rings. The molecule has 1 aromatic carbocycles. The molecule has 0 spiro atoms. The molecule has 0 unspecified atom stereocenters. The number of rotatable bonds is 3. The number of hydrogen-bond donors (Lipinski definition) is 1. The molecule has 25 heavy (non-hydrogen) atoms. The Kier molecular flexibility index (Phi) is 3.66. The lowest BCUT2D eigenvalue weighted by atomic mass is 10.2. The van der Waals surface area contributed by atoms with E-state index in [9.17, 15) is 4.79 Å². The molecule has 3 heterocycles. The van der Waals surface area contributed by atoms with Crippen LogP contribution in [0.4, 0.5) is 5.69 Å². The molecule has 0 radical (unpaired) electrons. The van der Waals surface area contributed by atoms with Crippen LogP contribution in [0.1, 0.15) is 16.3 Å². The van der Waals surface area contributed by atoms with Crippen LogP contribution in [0.25, 0.3) is 16.7 Å². The molecule has 0 bridgehead atoms. The van der Waals surface area contributed by atoms with Gasteiger partial charge in [0.1, 0.15) is 5.82 Å². The zero-order valence-electron chi connectivity index (χ0n) is 13.4. The van der Waals surface area contributed by atoms with Gasteiger partial charge in [-0.2, -0.15) is 0 Å². The van der Waals surface area contributed by atoms with Crippen LogP contribution in [0.5, 0.6) is 0 Å². The Labute approximate surface area is 143 Å². The summed E-state index contributed by atoms with van der Waals surface area (Å²) in [5.41, 5.74) is 1.72. The van der Waals surface area contributed by atoms with Gasteiger partial charge in [-0.1, -0.05) is 18.2 Å². The number of fused-ring (bicyclic) bond motifs is 1. The number of nitrogens with one attached hydrogen (secondary N) is 1. The Bertz CT molecular complexity index is 1050. The van der Waals surface area contributed by atoms with Crippen LogP contribution < -0.4 is 5.32 Å². The van der Waals surface area contributed by atoms with Gasteiger partial charge >= 0.3 is 0 Å². The first-order valence-corrected chi connectivity index (χ1v) is 7.71. The van der Waals surface area contributed by atoms with E-state index < -0.39 is 0 Å². The Hall–Kier alpha value is -3.61. The zero-order valence-corrected chi connectivity index (χ0v) is 13.4. The molecule has 0 aliphatic heterocycles. The van der Waals surface area contributed by atoms with Crippen LogP contribution in [0.2, 0.25) is 0 Å².